The number of halogens is 4. The van der Waals surface area contributed by atoms with Crippen molar-refractivity contribution in [3.8, 4) is 17.2 Å². The molecule has 0 saturated carbocycles. The van der Waals surface area contributed by atoms with Crippen LogP contribution in [0.25, 0.3) is 0 Å². The van der Waals surface area contributed by atoms with Crippen molar-refractivity contribution < 1.29 is 32.2 Å². The topological polar surface area (TPSA) is 56.8 Å². The zero-order valence-corrected chi connectivity index (χ0v) is 14.5. The molecule has 0 aliphatic carbocycles. The molecule has 0 fully saturated rings. The van der Waals surface area contributed by atoms with Gasteiger partial charge in [-0.15, -0.1) is 0 Å². The summed E-state index contributed by atoms with van der Waals surface area (Å²) in [5, 5.41) is 2.58. The number of rotatable bonds is 7. The zero-order valence-electron chi connectivity index (χ0n) is 13.8. The van der Waals surface area contributed by atoms with Crippen LogP contribution >= 0.6 is 11.6 Å². The van der Waals surface area contributed by atoms with Crippen LogP contribution in [0.4, 0.5) is 18.9 Å². The van der Waals surface area contributed by atoms with Gasteiger partial charge in [0.1, 0.15) is 5.75 Å². The van der Waals surface area contributed by atoms with E-state index in [0.717, 1.165) is 12.1 Å². The molecule has 0 spiro atoms. The lowest BCUT2D eigenvalue weighted by Gasteiger charge is -2.17. The molecule has 2 aromatic carbocycles. The maximum absolute atomic E-state index is 13.1. The molecule has 2 aromatic rings. The van der Waals surface area contributed by atoms with Crippen LogP contribution in [0.3, 0.4) is 0 Å². The van der Waals surface area contributed by atoms with Gasteiger partial charge in [0.25, 0.3) is 11.5 Å². The van der Waals surface area contributed by atoms with Gasteiger partial charge < -0.3 is 19.5 Å². The molecule has 0 saturated heterocycles. The number of methoxy groups -OCH3 is 2. The Hall–Kier alpha value is -2.61. The molecule has 1 N–H and O–H groups in total. The largest absolute Gasteiger partial charge is 0.493 e. The number of carbonyl (C=O) groups excluding carboxylic acids is 1. The predicted octanol–water partition coefficient (Wildman–Crippen LogP) is 4.46. The maximum Gasteiger partial charge on any atom is 0.444 e. The fourth-order valence-corrected chi connectivity index (χ4v) is 2.03. The monoisotopic (exact) mass is 389 g/mol. The minimum absolute atomic E-state index is 0.303. The maximum atomic E-state index is 13.1. The molecule has 0 radical (unpaired) electrons. The van der Waals surface area contributed by atoms with Gasteiger partial charge in [-0.05, 0) is 42.5 Å². The molecule has 9 heteroatoms. The van der Waals surface area contributed by atoms with Crippen molar-refractivity contribution in [3.63, 3.8) is 0 Å². The predicted molar refractivity (Wildman–Crippen MR) is 90.3 cm³/mol. The second-order valence-corrected chi connectivity index (χ2v) is 5.40. The molecular weight excluding hydrogens is 375 g/mol. The standard InChI is InChI=1S/C17H15ClF3NO4/c1-24-13-8-3-10(9-14(13)25-2)15(23)22-11-4-6-12(7-5-11)26-17(20,21)16(18)19/h3-9,16H,1-2H3,(H,22,23)/t16-/m1/s1. The fourth-order valence-electron chi connectivity index (χ4n) is 1.99. The van der Waals surface area contributed by atoms with Crippen molar-refractivity contribution in [1.82, 2.24) is 0 Å². The first-order valence-corrected chi connectivity index (χ1v) is 7.69. The molecule has 0 aromatic heterocycles. The normalized spacial score (nSPS) is 12.2. The molecular formula is C17H15ClF3NO4. The lowest BCUT2D eigenvalue weighted by atomic mass is 10.2. The van der Waals surface area contributed by atoms with Crippen LogP contribution in [0, 0.1) is 0 Å². The fraction of sp³-hybridized carbons (Fsp3) is 0.235. The van der Waals surface area contributed by atoms with E-state index in [1.54, 1.807) is 6.07 Å². The van der Waals surface area contributed by atoms with Crippen molar-refractivity contribution in [2.45, 2.75) is 11.7 Å². The van der Waals surface area contributed by atoms with Gasteiger partial charge >= 0.3 is 6.11 Å². The Morgan fingerprint density at radius 2 is 1.69 bits per heavy atom. The van der Waals surface area contributed by atoms with Gasteiger partial charge in [-0.1, -0.05) is 11.6 Å². The van der Waals surface area contributed by atoms with Gasteiger partial charge in [0, 0.05) is 11.3 Å². The molecule has 0 aliphatic rings. The van der Waals surface area contributed by atoms with E-state index in [4.69, 9.17) is 21.1 Å². The smallest absolute Gasteiger partial charge is 0.444 e. The molecule has 5 nitrogen and oxygen atoms in total. The molecule has 0 bridgehead atoms. The van der Waals surface area contributed by atoms with Crippen LogP contribution in [0.2, 0.25) is 0 Å². The summed E-state index contributed by atoms with van der Waals surface area (Å²) in [5.41, 5.74) is -2.35. The van der Waals surface area contributed by atoms with Gasteiger partial charge in [0.05, 0.1) is 14.2 Å². The van der Waals surface area contributed by atoms with E-state index in [-0.39, 0.29) is 5.75 Å². The number of hydrogen-bond acceptors (Lipinski definition) is 4. The minimum Gasteiger partial charge on any atom is -0.493 e. The van der Waals surface area contributed by atoms with Crippen LogP contribution in [0.1, 0.15) is 10.4 Å². The summed E-state index contributed by atoms with van der Waals surface area (Å²) in [6.45, 7) is 0. The number of amides is 1. The third-order valence-electron chi connectivity index (χ3n) is 3.27. The van der Waals surface area contributed by atoms with Gasteiger partial charge in [-0.3, -0.25) is 4.79 Å². The van der Waals surface area contributed by atoms with Crippen molar-refractivity contribution in [2.24, 2.45) is 0 Å². The van der Waals surface area contributed by atoms with Crippen LogP contribution in [-0.2, 0) is 0 Å². The molecule has 0 heterocycles. The van der Waals surface area contributed by atoms with Crippen LogP contribution in [0.15, 0.2) is 42.5 Å². The van der Waals surface area contributed by atoms with Crippen molar-refractivity contribution in [1.29, 1.82) is 0 Å². The lowest BCUT2D eigenvalue weighted by molar-refractivity contribution is -0.199. The van der Waals surface area contributed by atoms with E-state index < -0.39 is 17.6 Å². The minimum atomic E-state index is -4.16. The molecule has 0 aliphatic heterocycles. The average molecular weight is 390 g/mol. The Labute approximate surface area is 152 Å². The van der Waals surface area contributed by atoms with Crippen LogP contribution in [-0.4, -0.2) is 31.9 Å². The number of carbonyl (C=O) groups is 1. The molecule has 140 valence electrons. The summed E-state index contributed by atoms with van der Waals surface area (Å²) >= 11 is 4.72. The highest BCUT2D eigenvalue weighted by molar-refractivity contribution is 6.20. The molecule has 1 amide bonds. The van der Waals surface area contributed by atoms with Crippen molar-refractivity contribution in [2.75, 3.05) is 19.5 Å². The Kier molecular flexibility index (Phi) is 6.20. The highest BCUT2D eigenvalue weighted by atomic mass is 35.5. The summed E-state index contributed by atoms with van der Waals surface area (Å²) in [6, 6.07) is 9.56. The van der Waals surface area contributed by atoms with E-state index in [2.05, 4.69) is 10.1 Å². The van der Waals surface area contributed by atoms with E-state index in [9.17, 15) is 18.0 Å². The second kappa shape index (κ2) is 8.18. The van der Waals surface area contributed by atoms with Crippen molar-refractivity contribution in [3.05, 3.63) is 48.0 Å². The number of ether oxygens (including phenoxy) is 3. The quantitative estimate of drug-likeness (QED) is 0.710. The highest BCUT2D eigenvalue weighted by Gasteiger charge is 2.42. The first-order valence-electron chi connectivity index (χ1n) is 7.25. The summed E-state index contributed by atoms with van der Waals surface area (Å²) in [7, 11) is 2.91. The lowest BCUT2D eigenvalue weighted by Crippen LogP contribution is -2.32. The molecule has 1 atom stereocenters. The third-order valence-corrected chi connectivity index (χ3v) is 3.52. The Morgan fingerprint density at radius 3 is 2.23 bits per heavy atom. The summed E-state index contributed by atoms with van der Waals surface area (Å²) in [5.74, 6) is 0.0990. The van der Waals surface area contributed by atoms with Crippen molar-refractivity contribution >= 4 is 23.2 Å². The summed E-state index contributed by atoms with van der Waals surface area (Å²) in [4.78, 5) is 12.3. The number of benzene rings is 2. The number of anilines is 1. The first kappa shape index (κ1) is 19.7. The van der Waals surface area contributed by atoms with Gasteiger partial charge in [0.15, 0.2) is 11.5 Å². The summed E-state index contributed by atoms with van der Waals surface area (Å²) < 4.78 is 53.1. The van der Waals surface area contributed by atoms with Crippen LogP contribution in [0.5, 0.6) is 17.2 Å². The van der Waals surface area contributed by atoms with Gasteiger partial charge in [0.2, 0.25) is 0 Å². The Bertz CT molecular complexity index is 769. The molecule has 2 rings (SSSR count). The molecule has 0 unspecified atom stereocenters. The Balaban J connectivity index is 2.08. The first-order chi connectivity index (χ1) is 12.3. The van der Waals surface area contributed by atoms with E-state index in [0.29, 0.717) is 22.7 Å². The van der Waals surface area contributed by atoms with Crippen LogP contribution < -0.4 is 19.5 Å². The average Bonchev–Trinajstić information content (AvgIpc) is 2.62. The summed E-state index contributed by atoms with van der Waals surface area (Å²) in [6.07, 6.45) is -4.16. The SMILES string of the molecule is COc1ccc(C(=O)Nc2ccc(OC(F)(F)[C@@H](F)Cl)cc2)cc1OC. The molecule has 26 heavy (non-hydrogen) atoms. The number of nitrogens with one attached hydrogen (secondary N) is 1. The highest BCUT2D eigenvalue weighted by Crippen LogP contribution is 2.30. The second-order valence-electron chi connectivity index (χ2n) is 5.01. The third kappa shape index (κ3) is 4.72. The van der Waals surface area contributed by atoms with E-state index in [1.807, 2.05) is 0 Å². The zero-order chi connectivity index (χ0) is 19.3. The Morgan fingerprint density at radius 1 is 1.08 bits per heavy atom. The van der Waals surface area contributed by atoms with E-state index >= 15 is 0 Å². The van der Waals surface area contributed by atoms with Gasteiger partial charge in [-0.2, -0.15) is 8.78 Å². The van der Waals surface area contributed by atoms with E-state index in [1.165, 1.54) is 38.5 Å². The number of hydrogen-bond donors (Lipinski definition) is 1. The number of alkyl halides is 4. The van der Waals surface area contributed by atoms with Gasteiger partial charge in [-0.25, -0.2) is 4.39 Å².